The van der Waals surface area contributed by atoms with Crippen LogP contribution in [0, 0.1) is 5.92 Å². The van der Waals surface area contributed by atoms with Gasteiger partial charge in [-0.05, 0) is 19.3 Å². The average Bonchev–Trinajstić information content (AvgIpc) is 2.55. The van der Waals surface area contributed by atoms with E-state index in [1.165, 1.54) is 7.11 Å². The maximum Gasteiger partial charge on any atom is 0.311 e. The lowest BCUT2D eigenvalue weighted by molar-refractivity contribution is -0.149. The summed E-state index contributed by atoms with van der Waals surface area (Å²) < 4.78 is 18.2. The first-order valence-corrected chi connectivity index (χ1v) is 4.70. The summed E-state index contributed by atoms with van der Waals surface area (Å²) in [6.07, 6.45) is 1.36. The van der Waals surface area contributed by atoms with E-state index in [0.717, 1.165) is 12.8 Å². The number of piperidine rings is 1. The van der Waals surface area contributed by atoms with Gasteiger partial charge in [0.1, 0.15) is 6.17 Å². The van der Waals surface area contributed by atoms with Crippen molar-refractivity contribution in [2.24, 2.45) is 5.92 Å². The van der Waals surface area contributed by atoms with Gasteiger partial charge < -0.3 is 10.1 Å². The fourth-order valence-corrected chi connectivity index (χ4v) is 2.38. The third kappa shape index (κ3) is 1.43. The molecule has 2 aliphatic heterocycles. The van der Waals surface area contributed by atoms with Crippen LogP contribution < -0.4 is 5.32 Å². The summed E-state index contributed by atoms with van der Waals surface area (Å²) in [5.74, 6) is -0.936. The number of carbonyl (C=O) groups excluding carboxylic acids is 1. The third-order valence-corrected chi connectivity index (χ3v) is 3.09. The van der Waals surface area contributed by atoms with E-state index in [0.29, 0.717) is 12.5 Å². The molecule has 2 heterocycles. The number of rotatable bonds is 1. The Bertz CT molecular complexity index is 222. The van der Waals surface area contributed by atoms with Crippen LogP contribution in [0.4, 0.5) is 4.39 Å². The summed E-state index contributed by atoms with van der Waals surface area (Å²) >= 11 is 0. The first kappa shape index (κ1) is 8.94. The van der Waals surface area contributed by atoms with E-state index < -0.39 is 18.1 Å². The molecule has 0 amide bonds. The van der Waals surface area contributed by atoms with Gasteiger partial charge in [-0.2, -0.15) is 0 Å². The Morgan fingerprint density at radius 3 is 3.00 bits per heavy atom. The number of halogens is 1. The van der Waals surface area contributed by atoms with Gasteiger partial charge >= 0.3 is 5.97 Å². The first-order chi connectivity index (χ1) is 6.22. The molecule has 0 aromatic rings. The number of carbonyl (C=O) groups is 1. The highest BCUT2D eigenvalue weighted by atomic mass is 19.1. The van der Waals surface area contributed by atoms with Crippen molar-refractivity contribution in [1.29, 1.82) is 0 Å². The Morgan fingerprint density at radius 1 is 1.54 bits per heavy atom. The lowest BCUT2D eigenvalue weighted by Crippen LogP contribution is -2.49. The molecule has 13 heavy (non-hydrogen) atoms. The molecular weight excluding hydrogens is 173 g/mol. The number of alkyl halides is 1. The minimum absolute atomic E-state index is 0.122. The maximum absolute atomic E-state index is 13.6. The molecule has 4 unspecified atom stereocenters. The summed E-state index contributed by atoms with van der Waals surface area (Å²) in [4.78, 5) is 11.2. The zero-order valence-electron chi connectivity index (χ0n) is 7.63. The molecule has 0 aliphatic carbocycles. The largest absolute Gasteiger partial charge is 0.469 e. The van der Waals surface area contributed by atoms with Crippen molar-refractivity contribution < 1.29 is 13.9 Å². The number of nitrogens with one attached hydrogen (secondary N) is 1. The topological polar surface area (TPSA) is 38.3 Å². The van der Waals surface area contributed by atoms with E-state index in [-0.39, 0.29) is 6.04 Å². The zero-order chi connectivity index (χ0) is 9.42. The minimum Gasteiger partial charge on any atom is -0.469 e. The maximum atomic E-state index is 13.6. The number of ether oxygens (including phenoxy) is 1. The average molecular weight is 187 g/mol. The molecule has 2 aliphatic rings. The summed E-state index contributed by atoms with van der Waals surface area (Å²) in [7, 11) is 1.32. The van der Waals surface area contributed by atoms with Crippen molar-refractivity contribution in [3.05, 3.63) is 0 Å². The number of fused-ring (bicyclic) bond motifs is 2. The molecule has 3 nitrogen and oxygen atoms in total. The van der Waals surface area contributed by atoms with Crippen molar-refractivity contribution in [3.8, 4) is 0 Å². The molecule has 0 saturated carbocycles. The van der Waals surface area contributed by atoms with Gasteiger partial charge in [0.05, 0.1) is 13.0 Å². The van der Waals surface area contributed by atoms with Crippen LogP contribution in [0.1, 0.15) is 19.3 Å². The number of hydrogen-bond acceptors (Lipinski definition) is 3. The van der Waals surface area contributed by atoms with E-state index in [4.69, 9.17) is 0 Å². The second-order valence-corrected chi connectivity index (χ2v) is 3.86. The van der Waals surface area contributed by atoms with Gasteiger partial charge in [0.15, 0.2) is 0 Å². The molecule has 1 N–H and O–H groups in total. The van der Waals surface area contributed by atoms with Gasteiger partial charge in [0.2, 0.25) is 0 Å². The molecular formula is C9H14FNO2. The van der Waals surface area contributed by atoms with Gasteiger partial charge in [-0.15, -0.1) is 0 Å². The lowest BCUT2D eigenvalue weighted by Gasteiger charge is -2.30. The monoisotopic (exact) mass is 187 g/mol. The molecule has 0 aromatic heterocycles. The predicted molar refractivity (Wildman–Crippen MR) is 45.0 cm³/mol. The molecule has 74 valence electrons. The standard InChI is InChI=1S/C9H14FNO2/c1-13-9(12)6-4-5-2-3-7(11-5)8(6)10/h5-8,11H,2-4H2,1H3. The quantitative estimate of drug-likeness (QED) is 0.612. The third-order valence-electron chi connectivity index (χ3n) is 3.09. The Kier molecular flexibility index (Phi) is 2.24. The van der Waals surface area contributed by atoms with E-state index in [1.807, 2.05) is 0 Å². The van der Waals surface area contributed by atoms with Gasteiger partial charge in [0.25, 0.3) is 0 Å². The van der Waals surface area contributed by atoms with Crippen LogP contribution in [-0.4, -0.2) is 31.3 Å². The van der Waals surface area contributed by atoms with Crippen LogP contribution in [0.3, 0.4) is 0 Å². The van der Waals surface area contributed by atoms with Crippen LogP contribution in [0.25, 0.3) is 0 Å². The van der Waals surface area contributed by atoms with E-state index in [1.54, 1.807) is 0 Å². The van der Waals surface area contributed by atoms with Gasteiger partial charge in [-0.1, -0.05) is 0 Å². The van der Waals surface area contributed by atoms with Crippen LogP contribution in [0.15, 0.2) is 0 Å². The second kappa shape index (κ2) is 3.25. The molecule has 2 bridgehead atoms. The fourth-order valence-electron chi connectivity index (χ4n) is 2.38. The van der Waals surface area contributed by atoms with E-state index in [9.17, 15) is 9.18 Å². The number of methoxy groups -OCH3 is 1. The smallest absolute Gasteiger partial charge is 0.311 e. The Labute approximate surface area is 76.6 Å². The van der Waals surface area contributed by atoms with Crippen LogP contribution in [0.5, 0.6) is 0 Å². The molecule has 4 heteroatoms. The molecule has 2 saturated heterocycles. The zero-order valence-corrected chi connectivity index (χ0v) is 7.63. The Balaban J connectivity index is 2.08. The highest BCUT2D eigenvalue weighted by Gasteiger charge is 2.45. The van der Waals surface area contributed by atoms with Crippen molar-refractivity contribution in [2.75, 3.05) is 7.11 Å². The highest BCUT2D eigenvalue weighted by molar-refractivity contribution is 5.73. The summed E-state index contributed by atoms with van der Waals surface area (Å²) in [6.45, 7) is 0. The summed E-state index contributed by atoms with van der Waals surface area (Å²) in [5.41, 5.74) is 0. The molecule has 0 spiro atoms. The van der Waals surface area contributed by atoms with Crippen LogP contribution in [0.2, 0.25) is 0 Å². The SMILES string of the molecule is COC(=O)C1CC2CCC(N2)C1F. The lowest BCUT2D eigenvalue weighted by atomic mass is 9.91. The molecule has 0 aromatic carbocycles. The number of hydrogen-bond donors (Lipinski definition) is 1. The Morgan fingerprint density at radius 2 is 2.31 bits per heavy atom. The molecule has 2 fully saturated rings. The van der Waals surface area contributed by atoms with Crippen LogP contribution in [-0.2, 0) is 9.53 Å². The number of esters is 1. The predicted octanol–water partition coefficient (Wildman–Crippen LogP) is 0.638. The molecule has 0 radical (unpaired) electrons. The fraction of sp³-hybridized carbons (Fsp3) is 0.889. The van der Waals surface area contributed by atoms with Crippen molar-refractivity contribution in [2.45, 2.75) is 37.5 Å². The highest BCUT2D eigenvalue weighted by Crippen LogP contribution is 2.33. The summed E-state index contributed by atoms with van der Waals surface area (Å²) in [6, 6.07) is 0.198. The van der Waals surface area contributed by atoms with Crippen molar-refractivity contribution in [3.63, 3.8) is 0 Å². The van der Waals surface area contributed by atoms with Gasteiger partial charge in [-0.25, -0.2) is 4.39 Å². The minimum atomic E-state index is -1.06. The van der Waals surface area contributed by atoms with Gasteiger partial charge in [-0.3, -0.25) is 4.79 Å². The van der Waals surface area contributed by atoms with E-state index in [2.05, 4.69) is 10.1 Å². The normalized spacial score (nSPS) is 43.2. The molecule has 2 rings (SSSR count). The second-order valence-electron chi connectivity index (χ2n) is 3.86. The Hall–Kier alpha value is -0.640. The summed E-state index contributed by atoms with van der Waals surface area (Å²) in [5, 5.41) is 3.17. The van der Waals surface area contributed by atoms with Crippen molar-refractivity contribution >= 4 is 5.97 Å². The van der Waals surface area contributed by atoms with E-state index >= 15 is 0 Å². The van der Waals surface area contributed by atoms with Gasteiger partial charge in [0, 0.05) is 12.1 Å². The van der Waals surface area contributed by atoms with Crippen molar-refractivity contribution in [1.82, 2.24) is 5.32 Å². The first-order valence-electron chi connectivity index (χ1n) is 4.70. The molecule has 4 atom stereocenters. The van der Waals surface area contributed by atoms with Crippen LogP contribution >= 0.6 is 0 Å².